The molecule has 1 aromatic carbocycles. The molecule has 0 radical (unpaired) electrons. The van der Waals surface area contributed by atoms with Crippen molar-refractivity contribution in [3.63, 3.8) is 0 Å². The molecular formula is C18H26N4O3. The third-order valence-electron chi connectivity index (χ3n) is 4.12. The van der Waals surface area contributed by atoms with E-state index in [1.165, 1.54) is 0 Å². The second-order valence-corrected chi connectivity index (χ2v) is 6.15. The molecule has 136 valence electrons. The first kappa shape index (κ1) is 18.8. The van der Waals surface area contributed by atoms with E-state index in [4.69, 9.17) is 0 Å². The van der Waals surface area contributed by atoms with Crippen LogP contribution in [0.15, 0.2) is 18.2 Å². The molecule has 0 aliphatic carbocycles. The number of aryl methyl sites for hydroxylation is 1. The molecule has 0 aromatic heterocycles. The fourth-order valence-corrected chi connectivity index (χ4v) is 2.75. The molecule has 2 rings (SSSR count). The van der Waals surface area contributed by atoms with Gasteiger partial charge in [0.05, 0.1) is 17.8 Å². The molecule has 25 heavy (non-hydrogen) atoms. The van der Waals surface area contributed by atoms with Gasteiger partial charge in [-0.25, -0.2) is 4.79 Å². The number of urea groups is 1. The van der Waals surface area contributed by atoms with Crippen molar-refractivity contribution in [1.29, 1.82) is 0 Å². The number of carbonyl (C=O) groups is 3. The molecule has 0 saturated carbocycles. The number of carbonyl (C=O) groups excluding carboxylic acids is 3. The number of benzene rings is 1. The van der Waals surface area contributed by atoms with Gasteiger partial charge in [0.2, 0.25) is 5.91 Å². The van der Waals surface area contributed by atoms with Crippen molar-refractivity contribution >= 4 is 23.5 Å². The highest BCUT2D eigenvalue weighted by Gasteiger charge is 2.23. The van der Waals surface area contributed by atoms with Gasteiger partial charge in [-0.05, 0) is 37.8 Å². The van der Waals surface area contributed by atoms with Crippen molar-refractivity contribution in [3.8, 4) is 0 Å². The minimum atomic E-state index is -0.503. The molecule has 7 nitrogen and oxygen atoms in total. The number of para-hydroxylation sites is 1. The first-order valence-corrected chi connectivity index (χ1v) is 8.73. The molecule has 1 saturated heterocycles. The van der Waals surface area contributed by atoms with Gasteiger partial charge in [0.25, 0.3) is 5.91 Å². The van der Waals surface area contributed by atoms with E-state index in [1.807, 2.05) is 19.9 Å². The lowest BCUT2D eigenvalue weighted by molar-refractivity contribution is -0.120. The minimum Gasteiger partial charge on any atom is -0.355 e. The molecule has 1 aliphatic rings. The fraction of sp³-hybridized carbons (Fsp3) is 0.500. The zero-order valence-electron chi connectivity index (χ0n) is 14.9. The van der Waals surface area contributed by atoms with Crippen LogP contribution in [0.25, 0.3) is 0 Å². The van der Waals surface area contributed by atoms with Crippen molar-refractivity contribution in [2.24, 2.45) is 0 Å². The number of nitrogens with one attached hydrogen (secondary N) is 3. The molecule has 4 amide bonds. The van der Waals surface area contributed by atoms with Crippen LogP contribution in [0.4, 0.5) is 10.5 Å². The van der Waals surface area contributed by atoms with E-state index in [9.17, 15) is 14.4 Å². The van der Waals surface area contributed by atoms with Gasteiger partial charge in [0.15, 0.2) is 0 Å². The van der Waals surface area contributed by atoms with Gasteiger partial charge in [-0.2, -0.15) is 0 Å². The molecule has 0 atom stereocenters. The van der Waals surface area contributed by atoms with Crippen molar-refractivity contribution in [3.05, 3.63) is 29.3 Å². The molecule has 0 spiro atoms. The molecule has 1 aliphatic heterocycles. The first-order chi connectivity index (χ1) is 12.0. The van der Waals surface area contributed by atoms with Crippen molar-refractivity contribution in [1.82, 2.24) is 15.5 Å². The zero-order chi connectivity index (χ0) is 18.2. The number of anilines is 1. The van der Waals surface area contributed by atoms with Crippen LogP contribution in [0, 0.1) is 6.92 Å². The zero-order valence-corrected chi connectivity index (χ0v) is 14.9. The van der Waals surface area contributed by atoms with E-state index in [1.54, 1.807) is 17.0 Å². The molecule has 0 bridgehead atoms. The summed E-state index contributed by atoms with van der Waals surface area (Å²) >= 11 is 0. The van der Waals surface area contributed by atoms with E-state index >= 15 is 0 Å². The summed E-state index contributed by atoms with van der Waals surface area (Å²) in [5, 5.41) is 7.92. The summed E-state index contributed by atoms with van der Waals surface area (Å²) < 4.78 is 0. The number of likely N-dealkylation sites (tertiary alicyclic amines) is 1. The number of rotatable bonds is 6. The third kappa shape index (κ3) is 5.20. The van der Waals surface area contributed by atoms with Gasteiger partial charge in [-0.1, -0.05) is 19.1 Å². The van der Waals surface area contributed by atoms with Gasteiger partial charge in [-0.3, -0.25) is 9.59 Å². The number of amides is 4. The van der Waals surface area contributed by atoms with Crippen LogP contribution < -0.4 is 16.0 Å². The van der Waals surface area contributed by atoms with Crippen molar-refractivity contribution in [2.45, 2.75) is 33.1 Å². The summed E-state index contributed by atoms with van der Waals surface area (Å²) in [5.41, 5.74) is 1.77. The van der Waals surface area contributed by atoms with E-state index in [0.717, 1.165) is 37.9 Å². The summed E-state index contributed by atoms with van der Waals surface area (Å²) in [4.78, 5) is 38.1. The quantitative estimate of drug-likeness (QED) is 0.734. The molecule has 1 fully saturated rings. The lowest BCUT2D eigenvalue weighted by Gasteiger charge is -2.19. The van der Waals surface area contributed by atoms with Gasteiger partial charge in [0.1, 0.15) is 0 Å². The Hall–Kier alpha value is -2.57. The van der Waals surface area contributed by atoms with Crippen LogP contribution in [0.5, 0.6) is 0 Å². The number of hydrogen-bond acceptors (Lipinski definition) is 3. The maximum atomic E-state index is 12.7. The van der Waals surface area contributed by atoms with Crippen LogP contribution in [0.2, 0.25) is 0 Å². The Morgan fingerprint density at radius 1 is 1.12 bits per heavy atom. The summed E-state index contributed by atoms with van der Waals surface area (Å²) in [6, 6.07) is 4.86. The highest BCUT2D eigenvalue weighted by atomic mass is 16.2. The predicted molar refractivity (Wildman–Crippen MR) is 96.6 cm³/mol. The number of nitrogens with zero attached hydrogens (tertiary/aromatic N) is 1. The molecule has 1 aromatic rings. The standard InChI is InChI=1S/C18H26N4O3/c1-3-9-19-15(23)12-20-18(25)21-16-13(2)7-6-8-14(16)17(24)22-10-4-5-11-22/h6-8H,3-5,9-12H2,1-2H3,(H,19,23)(H2,20,21,25). The van der Waals surface area contributed by atoms with Gasteiger partial charge in [-0.15, -0.1) is 0 Å². The summed E-state index contributed by atoms with van der Waals surface area (Å²) in [6.45, 7) is 5.76. The Morgan fingerprint density at radius 3 is 2.52 bits per heavy atom. The Bertz CT molecular complexity index is 639. The van der Waals surface area contributed by atoms with Crippen molar-refractivity contribution < 1.29 is 14.4 Å². The lowest BCUT2D eigenvalue weighted by atomic mass is 10.1. The minimum absolute atomic E-state index is 0.0720. The molecular weight excluding hydrogens is 320 g/mol. The Morgan fingerprint density at radius 2 is 1.84 bits per heavy atom. The van der Waals surface area contributed by atoms with Crippen LogP contribution in [0.3, 0.4) is 0 Å². The SMILES string of the molecule is CCCNC(=O)CNC(=O)Nc1c(C)cccc1C(=O)N1CCCC1. The monoisotopic (exact) mass is 346 g/mol. The lowest BCUT2D eigenvalue weighted by Crippen LogP contribution is -2.39. The van der Waals surface area contributed by atoms with E-state index in [0.29, 0.717) is 17.8 Å². The van der Waals surface area contributed by atoms with E-state index in [2.05, 4.69) is 16.0 Å². The predicted octanol–water partition coefficient (Wildman–Crippen LogP) is 1.88. The maximum Gasteiger partial charge on any atom is 0.319 e. The van der Waals surface area contributed by atoms with Gasteiger partial charge in [0, 0.05) is 19.6 Å². The third-order valence-corrected chi connectivity index (χ3v) is 4.12. The first-order valence-electron chi connectivity index (χ1n) is 8.73. The Kier molecular flexibility index (Phi) is 6.80. The topological polar surface area (TPSA) is 90.5 Å². The highest BCUT2D eigenvalue weighted by Crippen LogP contribution is 2.23. The molecule has 3 N–H and O–H groups in total. The molecule has 7 heteroatoms. The summed E-state index contributed by atoms with van der Waals surface area (Å²) in [6.07, 6.45) is 2.85. The van der Waals surface area contributed by atoms with E-state index in [-0.39, 0.29) is 18.4 Å². The maximum absolute atomic E-state index is 12.7. The summed E-state index contributed by atoms with van der Waals surface area (Å²) in [7, 11) is 0. The van der Waals surface area contributed by atoms with Crippen molar-refractivity contribution in [2.75, 3.05) is 31.5 Å². The number of hydrogen-bond donors (Lipinski definition) is 3. The van der Waals surface area contributed by atoms with Crippen LogP contribution in [0.1, 0.15) is 42.1 Å². The second-order valence-electron chi connectivity index (χ2n) is 6.15. The van der Waals surface area contributed by atoms with Crippen LogP contribution in [-0.4, -0.2) is 48.9 Å². The fourth-order valence-electron chi connectivity index (χ4n) is 2.75. The Labute approximate surface area is 148 Å². The average molecular weight is 346 g/mol. The van der Waals surface area contributed by atoms with Crippen LogP contribution in [-0.2, 0) is 4.79 Å². The Balaban J connectivity index is 2.02. The van der Waals surface area contributed by atoms with Crippen LogP contribution >= 0.6 is 0 Å². The molecule has 0 unspecified atom stereocenters. The molecule has 1 heterocycles. The average Bonchev–Trinajstić information content (AvgIpc) is 3.14. The highest BCUT2D eigenvalue weighted by molar-refractivity contribution is 6.04. The smallest absolute Gasteiger partial charge is 0.319 e. The normalized spacial score (nSPS) is 13.4. The largest absolute Gasteiger partial charge is 0.355 e. The van der Waals surface area contributed by atoms with Gasteiger partial charge >= 0.3 is 6.03 Å². The second kappa shape index (κ2) is 9.05. The van der Waals surface area contributed by atoms with Gasteiger partial charge < -0.3 is 20.9 Å². The van der Waals surface area contributed by atoms with E-state index < -0.39 is 6.03 Å². The summed E-state index contributed by atoms with van der Waals surface area (Å²) in [5.74, 6) is -0.313.